The van der Waals surface area contributed by atoms with E-state index in [1.807, 2.05) is 0 Å². The maximum Gasteiger partial charge on any atom is 0.408 e. The van der Waals surface area contributed by atoms with Gasteiger partial charge in [0.2, 0.25) is 0 Å². The van der Waals surface area contributed by atoms with Crippen molar-refractivity contribution in [2.24, 2.45) is 5.92 Å². The number of nitrogens with one attached hydrogen (secondary N) is 1. The Morgan fingerprint density at radius 2 is 1.67 bits per heavy atom. The van der Waals surface area contributed by atoms with E-state index in [0.717, 1.165) is 5.56 Å². The summed E-state index contributed by atoms with van der Waals surface area (Å²) in [5.41, 5.74) is 1.08. The zero-order valence-electron chi connectivity index (χ0n) is 13.3. The number of anilines is 1. The van der Waals surface area contributed by atoms with E-state index in [4.69, 9.17) is 4.74 Å². The van der Waals surface area contributed by atoms with Crippen LogP contribution in [0.3, 0.4) is 0 Å². The molecule has 0 spiro atoms. The normalized spacial score (nSPS) is 14.0. The first-order valence-corrected chi connectivity index (χ1v) is 7.56. The molecule has 0 aromatic heterocycles. The van der Waals surface area contributed by atoms with Gasteiger partial charge < -0.3 is 15.2 Å². The van der Waals surface area contributed by atoms with Gasteiger partial charge in [-0.3, -0.25) is 0 Å². The lowest BCUT2D eigenvalue weighted by atomic mass is 9.92. The zero-order chi connectivity index (χ0) is 17.6. The Balaban J connectivity index is 2.19. The van der Waals surface area contributed by atoms with E-state index in [2.05, 4.69) is 5.32 Å². The van der Waals surface area contributed by atoms with Crippen molar-refractivity contribution >= 4 is 5.69 Å². The molecule has 0 unspecified atom stereocenters. The molecule has 0 aliphatic carbocycles. The van der Waals surface area contributed by atoms with Gasteiger partial charge in [-0.1, -0.05) is 30.3 Å². The monoisotopic (exact) mass is 339 g/mol. The Hall–Kier alpha value is -2.21. The highest BCUT2D eigenvalue weighted by molar-refractivity contribution is 5.47. The summed E-state index contributed by atoms with van der Waals surface area (Å²) in [5.74, 6) is -0.429. The maximum absolute atomic E-state index is 13.5. The summed E-state index contributed by atoms with van der Waals surface area (Å²) in [6.07, 6.45) is -4.35. The number of alkyl halides is 3. The third kappa shape index (κ3) is 4.89. The molecule has 0 heterocycles. The van der Waals surface area contributed by atoms with Crippen molar-refractivity contribution in [1.82, 2.24) is 0 Å². The first-order valence-electron chi connectivity index (χ1n) is 7.56. The van der Waals surface area contributed by atoms with E-state index >= 15 is 0 Å². The number of hydrogen-bond acceptors (Lipinski definition) is 3. The summed E-state index contributed by atoms with van der Waals surface area (Å²) in [7, 11) is 1.49. The van der Waals surface area contributed by atoms with Crippen LogP contribution in [-0.2, 0) is 6.42 Å². The van der Waals surface area contributed by atoms with Crippen LogP contribution in [0.1, 0.15) is 5.56 Å². The van der Waals surface area contributed by atoms with Gasteiger partial charge in [0.15, 0.2) is 0 Å². The largest absolute Gasteiger partial charge is 0.497 e. The number of halogens is 3. The predicted octanol–water partition coefficient (Wildman–Crippen LogP) is 3.89. The van der Waals surface area contributed by atoms with Crippen molar-refractivity contribution in [3.63, 3.8) is 0 Å². The minimum absolute atomic E-state index is 0.130. The van der Waals surface area contributed by atoms with Crippen LogP contribution >= 0.6 is 0 Å². The molecule has 24 heavy (non-hydrogen) atoms. The van der Waals surface area contributed by atoms with Gasteiger partial charge in [-0.15, -0.1) is 0 Å². The molecule has 0 amide bonds. The highest BCUT2D eigenvalue weighted by Crippen LogP contribution is 2.31. The van der Waals surface area contributed by atoms with Crippen LogP contribution in [0.25, 0.3) is 0 Å². The van der Waals surface area contributed by atoms with Gasteiger partial charge in [-0.2, -0.15) is 13.2 Å². The highest BCUT2D eigenvalue weighted by atomic mass is 19.4. The van der Waals surface area contributed by atoms with Gasteiger partial charge in [0.25, 0.3) is 0 Å². The second-order valence-electron chi connectivity index (χ2n) is 5.52. The summed E-state index contributed by atoms with van der Waals surface area (Å²) in [6.45, 7) is -0.567. The van der Waals surface area contributed by atoms with Crippen molar-refractivity contribution in [3.8, 4) is 5.75 Å². The molecule has 3 nitrogen and oxygen atoms in total. The molecule has 6 heteroatoms. The SMILES string of the molecule is COc1ccc(N[C@@H]([C@@H](CO)Cc2ccccc2)C(F)(F)F)cc1. The van der Waals surface area contributed by atoms with Gasteiger partial charge in [0, 0.05) is 18.2 Å². The topological polar surface area (TPSA) is 41.5 Å². The third-order valence-corrected chi connectivity index (χ3v) is 3.81. The van der Waals surface area contributed by atoms with E-state index in [-0.39, 0.29) is 6.42 Å². The molecular weight excluding hydrogens is 319 g/mol. The Labute approximate surface area is 139 Å². The van der Waals surface area contributed by atoms with Crippen molar-refractivity contribution in [3.05, 3.63) is 60.2 Å². The number of hydrogen-bond donors (Lipinski definition) is 2. The second kappa shape index (κ2) is 8.06. The minimum atomic E-state index is -4.48. The van der Waals surface area contributed by atoms with Crippen LogP contribution in [0.15, 0.2) is 54.6 Å². The molecule has 0 saturated carbocycles. The average molecular weight is 339 g/mol. The lowest BCUT2D eigenvalue weighted by molar-refractivity contribution is -0.156. The smallest absolute Gasteiger partial charge is 0.408 e. The fourth-order valence-electron chi connectivity index (χ4n) is 2.54. The molecule has 0 aliphatic heterocycles. The van der Waals surface area contributed by atoms with E-state index in [1.54, 1.807) is 42.5 Å². The third-order valence-electron chi connectivity index (χ3n) is 3.81. The maximum atomic E-state index is 13.5. The molecular formula is C18H20F3NO2. The number of aliphatic hydroxyl groups excluding tert-OH is 1. The summed E-state index contributed by atoms with van der Waals surface area (Å²) >= 11 is 0. The van der Waals surface area contributed by atoms with Crippen molar-refractivity contribution < 1.29 is 23.0 Å². The number of ether oxygens (including phenoxy) is 1. The standard InChI is InChI=1S/C18H20F3NO2/c1-24-16-9-7-15(8-10-16)22-17(18(19,20)21)14(12-23)11-13-5-3-2-4-6-13/h2-10,14,17,22-23H,11-12H2,1H3/t14-,17+/m1/s1. The van der Waals surface area contributed by atoms with Crippen LogP contribution in [0, 0.1) is 5.92 Å². The second-order valence-corrected chi connectivity index (χ2v) is 5.52. The molecule has 0 fully saturated rings. The summed E-state index contributed by atoms with van der Waals surface area (Å²) < 4.78 is 45.5. The van der Waals surface area contributed by atoms with E-state index in [0.29, 0.717) is 11.4 Å². The molecule has 2 atom stereocenters. The van der Waals surface area contributed by atoms with Crippen molar-refractivity contribution in [1.29, 1.82) is 0 Å². The molecule has 130 valence electrons. The van der Waals surface area contributed by atoms with Gasteiger partial charge >= 0.3 is 6.18 Å². The van der Waals surface area contributed by atoms with E-state index in [1.165, 1.54) is 19.2 Å². The summed E-state index contributed by atoms with van der Waals surface area (Å²) in [6, 6.07) is 13.2. The summed E-state index contributed by atoms with van der Waals surface area (Å²) in [4.78, 5) is 0. The molecule has 0 saturated heterocycles. The first kappa shape index (κ1) is 18.1. The lowest BCUT2D eigenvalue weighted by Crippen LogP contribution is -2.45. The Kier molecular flexibility index (Phi) is 6.09. The molecule has 2 aromatic rings. The van der Waals surface area contributed by atoms with Crippen LogP contribution in [0.5, 0.6) is 5.75 Å². The highest BCUT2D eigenvalue weighted by Gasteiger charge is 2.44. The lowest BCUT2D eigenvalue weighted by Gasteiger charge is -2.29. The Morgan fingerprint density at radius 1 is 1.04 bits per heavy atom. The number of rotatable bonds is 7. The zero-order valence-corrected chi connectivity index (χ0v) is 13.3. The van der Waals surface area contributed by atoms with Gasteiger partial charge in [-0.05, 0) is 36.2 Å². The Morgan fingerprint density at radius 3 is 2.17 bits per heavy atom. The van der Waals surface area contributed by atoms with Gasteiger partial charge in [0.05, 0.1) is 7.11 Å². The van der Waals surface area contributed by atoms with E-state index in [9.17, 15) is 18.3 Å². The molecule has 0 bridgehead atoms. The quantitative estimate of drug-likeness (QED) is 0.804. The Bertz CT molecular complexity index is 614. The van der Waals surface area contributed by atoms with E-state index < -0.39 is 24.7 Å². The van der Waals surface area contributed by atoms with Crippen LogP contribution in [0.4, 0.5) is 18.9 Å². The average Bonchev–Trinajstić information content (AvgIpc) is 2.58. The molecule has 2 rings (SSSR count). The summed E-state index contributed by atoms with van der Waals surface area (Å²) in [5, 5.41) is 12.0. The molecule has 2 N–H and O–H groups in total. The molecule has 2 aromatic carbocycles. The van der Waals surface area contributed by atoms with Crippen LogP contribution in [-0.4, -0.2) is 31.0 Å². The predicted molar refractivity (Wildman–Crippen MR) is 87.2 cm³/mol. The fourth-order valence-corrected chi connectivity index (χ4v) is 2.54. The number of aliphatic hydroxyl groups is 1. The fraction of sp³-hybridized carbons (Fsp3) is 0.333. The molecule has 0 aliphatic rings. The van der Waals surface area contributed by atoms with Gasteiger partial charge in [0.1, 0.15) is 11.8 Å². The number of benzene rings is 2. The van der Waals surface area contributed by atoms with Gasteiger partial charge in [-0.25, -0.2) is 0 Å². The van der Waals surface area contributed by atoms with Crippen molar-refractivity contribution in [2.75, 3.05) is 19.0 Å². The minimum Gasteiger partial charge on any atom is -0.497 e. The first-order chi connectivity index (χ1) is 11.4. The van der Waals surface area contributed by atoms with Crippen LogP contribution in [0.2, 0.25) is 0 Å². The number of methoxy groups -OCH3 is 1. The molecule has 0 radical (unpaired) electrons. The van der Waals surface area contributed by atoms with Crippen LogP contribution < -0.4 is 10.1 Å². The van der Waals surface area contributed by atoms with Crippen molar-refractivity contribution in [2.45, 2.75) is 18.6 Å².